The van der Waals surface area contributed by atoms with Crippen molar-refractivity contribution >= 4 is 34.8 Å². The number of para-hydroxylation sites is 1. The zero-order valence-corrected chi connectivity index (χ0v) is 16.1. The normalized spacial score (nSPS) is 10.4. The predicted octanol–water partition coefficient (Wildman–Crippen LogP) is 4.26. The van der Waals surface area contributed by atoms with Gasteiger partial charge in [-0.15, -0.1) is 0 Å². The van der Waals surface area contributed by atoms with Gasteiger partial charge in [-0.25, -0.2) is 0 Å². The third-order valence-corrected chi connectivity index (χ3v) is 4.35. The van der Waals surface area contributed by atoms with Crippen LogP contribution in [0.4, 0.5) is 11.4 Å². The number of likely N-dealkylation sites (N-methyl/N-ethyl adjacent to an activating group) is 1. The van der Waals surface area contributed by atoms with Gasteiger partial charge in [0, 0.05) is 23.4 Å². The minimum Gasteiger partial charge on any atom is -0.467 e. The maximum Gasteiger partial charge on any atom is 0.257 e. The van der Waals surface area contributed by atoms with Crippen LogP contribution >= 0.6 is 11.6 Å². The number of nitrogens with zero attached hydrogens (tertiary/aromatic N) is 1. The molecule has 0 saturated carbocycles. The Hall–Kier alpha value is -3.25. The van der Waals surface area contributed by atoms with Crippen LogP contribution in [0.15, 0.2) is 71.3 Å². The lowest BCUT2D eigenvalue weighted by atomic mass is 10.1. The largest absolute Gasteiger partial charge is 0.467 e. The van der Waals surface area contributed by atoms with E-state index in [0.29, 0.717) is 34.3 Å². The van der Waals surface area contributed by atoms with Crippen LogP contribution < -0.4 is 10.6 Å². The number of hydrogen-bond acceptors (Lipinski definition) is 4. The third kappa shape index (κ3) is 5.14. The van der Waals surface area contributed by atoms with Crippen molar-refractivity contribution in [1.29, 1.82) is 0 Å². The fourth-order valence-corrected chi connectivity index (χ4v) is 2.72. The predicted molar refractivity (Wildman–Crippen MR) is 110 cm³/mol. The van der Waals surface area contributed by atoms with Crippen molar-refractivity contribution in [3.63, 3.8) is 0 Å². The number of hydrogen-bond donors (Lipinski definition) is 2. The Morgan fingerprint density at radius 2 is 1.79 bits per heavy atom. The van der Waals surface area contributed by atoms with Gasteiger partial charge in [0.1, 0.15) is 5.76 Å². The number of halogens is 1. The van der Waals surface area contributed by atoms with E-state index in [-0.39, 0.29) is 18.4 Å². The fraction of sp³-hybridized carbons (Fsp3) is 0.143. The first-order valence-electron chi connectivity index (χ1n) is 8.69. The molecule has 1 aromatic heterocycles. The lowest BCUT2D eigenvalue weighted by molar-refractivity contribution is -0.128. The van der Waals surface area contributed by atoms with Crippen LogP contribution in [0.25, 0.3) is 0 Å². The second-order valence-electron chi connectivity index (χ2n) is 6.19. The van der Waals surface area contributed by atoms with Crippen LogP contribution in [0.1, 0.15) is 16.1 Å². The summed E-state index contributed by atoms with van der Waals surface area (Å²) in [4.78, 5) is 26.5. The van der Waals surface area contributed by atoms with Gasteiger partial charge in [-0.3, -0.25) is 9.59 Å². The number of benzene rings is 2. The van der Waals surface area contributed by atoms with Crippen LogP contribution in [0, 0.1) is 0 Å². The van der Waals surface area contributed by atoms with E-state index in [4.69, 9.17) is 16.0 Å². The molecule has 0 spiro atoms. The number of rotatable bonds is 7. The van der Waals surface area contributed by atoms with E-state index in [1.807, 2.05) is 6.07 Å². The monoisotopic (exact) mass is 397 g/mol. The molecule has 1 heterocycles. The Bertz CT molecular complexity index is 940. The molecule has 0 aliphatic carbocycles. The highest BCUT2D eigenvalue weighted by Gasteiger charge is 2.14. The molecular formula is C21H20ClN3O3. The van der Waals surface area contributed by atoms with Crippen molar-refractivity contribution in [3.8, 4) is 0 Å². The molecule has 7 heteroatoms. The van der Waals surface area contributed by atoms with E-state index < -0.39 is 0 Å². The highest BCUT2D eigenvalue weighted by Crippen LogP contribution is 2.19. The van der Waals surface area contributed by atoms with E-state index in [1.54, 1.807) is 72.8 Å². The van der Waals surface area contributed by atoms with Crippen LogP contribution in [-0.4, -0.2) is 30.3 Å². The van der Waals surface area contributed by atoms with Crippen LogP contribution in [0.2, 0.25) is 5.02 Å². The summed E-state index contributed by atoms with van der Waals surface area (Å²) in [6.07, 6.45) is 1.57. The molecule has 0 unspecified atom stereocenters. The maximum absolute atomic E-state index is 12.6. The fourth-order valence-electron chi connectivity index (χ4n) is 2.60. The molecule has 0 aliphatic rings. The molecule has 2 aromatic carbocycles. The summed E-state index contributed by atoms with van der Waals surface area (Å²) in [7, 11) is 1.70. The maximum atomic E-state index is 12.6. The SMILES string of the molecule is CN(Cc1ccco1)C(=O)CNc1ccccc1C(=O)Nc1ccc(Cl)cc1. The first-order chi connectivity index (χ1) is 13.5. The minimum atomic E-state index is -0.276. The Morgan fingerprint density at radius 1 is 1.04 bits per heavy atom. The molecule has 3 rings (SSSR count). The lowest BCUT2D eigenvalue weighted by Gasteiger charge is -2.17. The molecule has 28 heavy (non-hydrogen) atoms. The molecule has 144 valence electrons. The molecule has 0 bridgehead atoms. The summed E-state index contributed by atoms with van der Waals surface area (Å²) in [6, 6.07) is 17.5. The first-order valence-corrected chi connectivity index (χ1v) is 9.07. The van der Waals surface area contributed by atoms with E-state index in [0.717, 1.165) is 0 Å². The molecule has 6 nitrogen and oxygen atoms in total. The van der Waals surface area contributed by atoms with Crippen molar-refractivity contribution in [1.82, 2.24) is 4.90 Å². The molecule has 0 radical (unpaired) electrons. The molecule has 2 N–H and O–H groups in total. The Kier molecular flexibility index (Phi) is 6.34. The Balaban J connectivity index is 1.62. The topological polar surface area (TPSA) is 74.6 Å². The van der Waals surface area contributed by atoms with E-state index >= 15 is 0 Å². The summed E-state index contributed by atoms with van der Waals surface area (Å²) in [5, 5.41) is 6.46. The molecule has 0 fully saturated rings. The lowest BCUT2D eigenvalue weighted by Crippen LogP contribution is -2.32. The summed E-state index contributed by atoms with van der Waals surface area (Å²) >= 11 is 5.87. The van der Waals surface area contributed by atoms with Gasteiger partial charge in [0.15, 0.2) is 0 Å². The van der Waals surface area contributed by atoms with Crippen molar-refractivity contribution in [3.05, 3.63) is 83.3 Å². The summed E-state index contributed by atoms with van der Waals surface area (Å²) < 4.78 is 5.26. The zero-order chi connectivity index (χ0) is 19.9. The summed E-state index contributed by atoms with van der Waals surface area (Å²) in [5.41, 5.74) is 1.66. The molecule has 3 aromatic rings. The Morgan fingerprint density at radius 3 is 2.50 bits per heavy atom. The highest BCUT2D eigenvalue weighted by molar-refractivity contribution is 6.30. The third-order valence-electron chi connectivity index (χ3n) is 4.10. The summed E-state index contributed by atoms with van der Waals surface area (Å²) in [6.45, 7) is 0.439. The van der Waals surface area contributed by atoms with E-state index in [1.165, 1.54) is 0 Å². The van der Waals surface area contributed by atoms with Gasteiger partial charge in [0.2, 0.25) is 5.91 Å². The van der Waals surface area contributed by atoms with Crippen LogP contribution in [0.3, 0.4) is 0 Å². The van der Waals surface area contributed by atoms with Gasteiger partial charge in [-0.05, 0) is 48.5 Å². The minimum absolute atomic E-state index is 0.0580. The number of furan rings is 1. The van der Waals surface area contributed by atoms with Crippen molar-refractivity contribution in [2.24, 2.45) is 0 Å². The molecule has 0 atom stereocenters. The van der Waals surface area contributed by atoms with Gasteiger partial charge in [0.05, 0.1) is 24.9 Å². The second-order valence-corrected chi connectivity index (χ2v) is 6.63. The number of carbonyl (C=O) groups excluding carboxylic acids is 2. The average molecular weight is 398 g/mol. The molecule has 0 aliphatic heterocycles. The first kappa shape index (κ1) is 19.5. The molecular weight excluding hydrogens is 378 g/mol. The van der Waals surface area contributed by atoms with Gasteiger partial charge < -0.3 is 20.0 Å². The second kappa shape index (κ2) is 9.10. The van der Waals surface area contributed by atoms with Gasteiger partial charge in [-0.2, -0.15) is 0 Å². The van der Waals surface area contributed by atoms with Crippen molar-refractivity contribution in [2.75, 3.05) is 24.2 Å². The van der Waals surface area contributed by atoms with E-state index in [9.17, 15) is 9.59 Å². The number of anilines is 2. The van der Waals surface area contributed by atoms with Gasteiger partial charge >= 0.3 is 0 Å². The zero-order valence-electron chi connectivity index (χ0n) is 15.3. The molecule has 0 saturated heterocycles. The van der Waals surface area contributed by atoms with E-state index in [2.05, 4.69) is 10.6 Å². The number of carbonyl (C=O) groups is 2. The van der Waals surface area contributed by atoms with Crippen LogP contribution in [0.5, 0.6) is 0 Å². The number of amides is 2. The average Bonchev–Trinajstić information content (AvgIpc) is 3.21. The van der Waals surface area contributed by atoms with Crippen molar-refractivity contribution in [2.45, 2.75) is 6.54 Å². The standard InChI is InChI=1S/C21H20ClN3O3/c1-25(14-17-5-4-12-28-17)20(26)13-23-19-7-3-2-6-18(19)21(27)24-16-10-8-15(22)9-11-16/h2-12,23H,13-14H2,1H3,(H,24,27). The van der Waals surface area contributed by atoms with Crippen LogP contribution in [-0.2, 0) is 11.3 Å². The van der Waals surface area contributed by atoms with Crippen molar-refractivity contribution < 1.29 is 14.0 Å². The quantitative estimate of drug-likeness (QED) is 0.624. The number of nitrogens with one attached hydrogen (secondary N) is 2. The van der Waals surface area contributed by atoms with Gasteiger partial charge in [0.25, 0.3) is 5.91 Å². The summed E-state index contributed by atoms with van der Waals surface area (Å²) in [5.74, 6) is 0.310. The smallest absolute Gasteiger partial charge is 0.257 e. The van der Waals surface area contributed by atoms with Gasteiger partial charge in [-0.1, -0.05) is 23.7 Å². The molecule has 2 amide bonds. The highest BCUT2D eigenvalue weighted by atomic mass is 35.5. The Labute approximate surface area is 168 Å².